The minimum Gasteiger partial charge on any atom is -0.480 e. The third kappa shape index (κ3) is 12.2. The molecule has 340 valence electrons. The predicted octanol–water partition coefficient (Wildman–Crippen LogP) is 3.84. The van der Waals surface area contributed by atoms with E-state index in [2.05, 4.69) is 27.7 Å². The zero-order valence-electron chi connectivity index (χ0n) is 36.0. The molecule has 6 N–H and O–H groups in total. The molecule has 17 heteroatoms. The van der Waals surface area contributed by atoms with Crippen LogP contribution in [0.4, 0.5) is 0 Å². The second-order valence-corrected chi connectivity index (χ2v) is 18.9. The van der Waals surface area contributed by atoms with Crippen LogP contribution < -0.4 is 0 Å². The number of carboxylic acid groups (broad SMARTS) is 6. The lowest BCUT2D eigenvalue weighted by molar-refractivity contribution is -0.153. The van der Waals surface area contributed by atoms with Gasteiger partial charge in [0.2, 0.25) is 5.91 Å². The number of fused-ring (bicyclic) bond motifs is 5. The van der Waals surface area contributed by atoms with Crippen LogP contribution in [-0.4, -0.2) is 163 Å². The molecule has 0 aromatic rings. The largest absolute Gasteiger partial charge is 0.480 e. The van der Waals surface area contributed by atoms with Crippen molar-refractivity contribution in [2.45, 2.75) is 123 Å². The molecule has 0 saturated heterocycles. The van der Waals surface area contributed by atoms with Gasteiger partial charge in [0.15, 0.2) is 0 Å². The maximum Gasteiger partial charge on any atom is 0.323 e. The quantitative estimate of drug-likeness (QED) is 0.0763. The average molecular weight is 851 g/mol. The maximum atomic E-state index is 14.1. The van der Waals surface area contributed by atoms with Crippen molar-refractivity contribution < 1.29 is 64.2 Å². The number of hydrogen-bond acceptors (Lipinski definition) is 10. The summed E-state index contributed by atoms with van der Waals surface area (Å²) in [5.41, 5.74) is 0.460. The van der Waals surface area contributed by atoms with Crippen LogP contribution in [0.1, 0.15) is 111 Å². The van der Waals surface area contributed by atoms with Crippen molar-refractivity contribution in [1.82, 2.24) is 19.6 Å². The summed E-state index contributed by atoms with van der Waals surface area (Å²) in [6.45, 7) is 5.68. The van der Waals surface area contributed by atoms with Gasteiger partial charge in [0.05, 0.1) is 26.2 Å². The highest BCUT2D eigenvalue weighted by molar-refractivity contribution is 5.82. The molecule has 4 aliphatic carbocycles. The molecule has 0 radical (unpaired) electrons. The summed E-state index contributed by atoms with van der Waals surface area (Å²) in [6, 6.07) is -1.74. The fourth-order valence-electron chi connectivity index (χ4n) is 12.7. The van der Waals surface area contributed by atoms with Crippen LogP contribution in [0.15, 0.2) is 0 Å². The van der Waals surface area contributed by atoms with E-state index in [1.165, 1.54) is 48.3 Å². The first kappa shape index (κ1) is 48.8. The van der Waals surface area contributed by atoms with Gasteiger partial charge < -0.3 is 35.5 Å². The molecule has 0 aromatic heterocycles. The third-order valence-corrected chi connectivity index (χ3v) is 15.4. The second-order valence-electron chi connectivity index (χ2n) is 18.9. The standard InChI is InChI=1S/C43H70N4O13/c1-5-6-27(2)31-9-10-32-30-8-7-28-21-29(13-15-42(28,3)33(30)14-16-43(31,32)4)47(26-40(57)58)35(48)12-11-34(41(59)60)46(19-17-44(22-36(49)50)23-37(51)52)20-18-45(24-38(53)54)25-39(55)56/h27-34H,5-26H2,1-4H3,(H,49,50)(H,51,52)(H,53,54)(H,55,56)(H,57,58)(H,59,60)/t27-,28-,29+,30+,31-,32+,33+,34+,42+,43-/m1/s1. The Balaban J connectivity index is 1.49. The monoisotopic (exact) mass is 850 g/mol. The molecule has 0 unspecified atom stereocenters. The van der Waals surface area contributed by atoms with Crippen molar-refractivity contribution >= 4 is 41.7 Å². The van der Waals surface area contributed by atoms with E-state index in [1.54, 1.807) is 0 Å². The molecule has 10 atom stereocenters. The lowest BCUT2D eigenvalue weighted by Crippen LogP contribution is -2.56. The second kappa shape index (κ2) is 21.3. The smallest absolute Gasteiger partial charge is 0.323 e. The van der Waals surface area contributed by atoms with Crippen LogP contribution in [0, 0.1) is 46.3 Å². The van der Waals surface area contributed by atoms with E-state index >= 15 is 0 Å². The van der Waals surface area contributed by atoms with Gasteiger partial charge in [0.1, 0.15) is 12.6 Å². The minimum absolute atomic E-state index is 0.0883. The van der Waals surface area contributed by atoms with E-state index in [9.17, 15) is 64.2 Å². The van der Waals surface area contributed by atoms with Crippen LogP contribution in [-0.2, 0) is 33.6 Å². The van der Waals surface area contributed by atoms with Crippen molar-refractivity contribution in [3.63, 3.8) is 0 Å². The molecule has 1 amide bonds. The fraction of sp³-hybridized carbons (Fsp3) is 0.837. The average Bonchev–Trinajstić information content (AvgIpc) is 3.50. The zero-order chi connectivity index (χ0) is 44.5. The van der Waals surface area contributed by atoms with Crippen LogP contribution in [0.25, 0.3) is 0 Å². The number of amides is 1. The summed E-state index contributed by atoms with van der Waals surface area (Å²) in [6.07, 6.45) is 11.3. The summed E-state index contributed by atoms with van der Waals surface area (Å²) >= 11 is 0. The fourth-order valence-corrected chi connectivity index (χ4v) is 12.7. The summed E-state index contributed by atoms with van der Waals surface area (Å²) in [5.74, 6) is -4.49. The Morgan fingerprint density at radius 2 is 1.13 bits per heavy atom. The van der Waals surface area contributed by atoms with Gasteiger partial charge in [-0.05, 0) is 111 Å². The van der Waals surface area contributed by atoms with E-state index in [0.29, 0.717) is 36.0 Å². The maximum absolute atomic E-state index is 14.1. The highest BCUT2D eigenvalue weighted by Gasteiger charge is 2.61. The van der Waals surface area contributed by atoms with Gasteiger partial charge in [-0.2, -0.15) is 0 Å². The Morgan fingerprint density at radius 1 is 0.617 bits per heavy atom. The molecule has 4 rings (SSSR count). The summed E-state index contributed by atoms with van der Waals surface area (Å²) in [4.78, 5) is 89.9. The summed E-state index contributed by atoms with van der Waals surface area (Å²) in [5, 5.41) is 57.8. The molecule has 0 bridgehead atoms. The molecule has 17 nitrogen and oxygen atoms in total. The summed E-state index contributed by atoms with van der Waals surface area (Å²) in [7, 11) is 0. The van der Waals surface area contributed by atoms with Crippen LogP contribution in [0.5, 0.6) is 0 Å². The summed E-state index contributed by atoms with van der Waals surface area (Å²) < 4.78 is 0. The predicted molar refractivity (Wildman–Crippen MR) is 218 cm³/mol. The number of hydrogen-bond donors (Lipinski definition) is 6. The van der Waals surface area contributed by atoms with Crippen molar-refractivity contribution in [3.05, 3.63) is 0 Å². The van der Waals surface area contributed by atoms with Gasteiger partial charge in [-0.25, -0.2) is 0 Å². The van der Waals surface area contributed by atoms with Crippen molar-refractivity contribution in [2.75, 3.05) is 58.9 Å². The molecule has 0 heterocycles. The third-order valence-electron chi connectivity index (χ3n) is 15.4. The van der Waals surface area contributed by atoms with Crippen molar-refractivity contribution in [2.24, 2.45) is 46.3 Å². The topological polar surface area (TPSA) is 254 Å². The molecular weight excluding hydrogens is 780 g/mol. The normalized spacial score (nSPS) is 29.6. The molecule has 0 aromatic carbocycles. The Hall–Kier alpha value is -3.83. The molecule has 0 spiro atoms. The van der Waals surface area contributed by atoms with E-state index in [1.807, 2.05) is 0 Å². The number of carboxylic acids is 6. The first-order valence-electron chi connectivity index (χ1n) is 22.0. The van der Waals surface area contributed by atoms with Gasteiger partial charge in [-0.15, -0.1) is 0 Å². The number of aliphatic carboxylic acids is 6. The molecule has 60 heavy (non-hydrogen) atoms. The molecule has 4 saturated carbocycles. The van der Waals surface area contributed by atoms with Gasteiger partial charge in [0, 0.05) is 38.6 Å². The highest BCUT2D eigenvalue weighted by Crippen LogP contribution is 2.68. The Labute approximate surface area is 353 Å². The van der Waals surface area contributed by atoms with Crippen molar-refractivity contribution in [3.8, 4) is 0 Å². The van der Waals surface area contributed by atoms with E-state index < -0.39 is 80.5 Å². The van der Waals surface area contributed by atoms with Crippen LogP contribution >= 0.6 is 0 Å². The Bertz CT molecular complexity index is 1490. The highest BCUT2D eigenvalue weighted by atomic mass is 16.4. The number of nitrogens with zero attached hydrogens (tertiary/aromatic N) is 4. The van der Waals surface area contributed by atoms with E-state index in [-0.39, 0.29) is 50.5 Å². The number of carbonyl (C=O) groups excluding carboxylic acids is 1. The number of rotatable bonds is 25. The molecular formula is C43H70N4O13. The van der Waals surface area contributed by atoms with Gasteiger partial charge >= 0.3 is 35.8 Å². The lowest BCUT2D eigenvalue weighted by atomic mass is 9.44. The first-order valence-corrected chi connectivity index (χ1v) is 22.0. The van der Waals surface area contributed by atoms with Crippen LogP contribution in [0.3, 0.4) is 0 Å². The molecule has 4 aliphatic rings. The van der Waals surface area contributed by atoms with Crippen LogP contribution in [0.2, 0.25) is 0 Å². The Morgan fingerprint density at radius 3 is 1.63 bits per heavy atom. The zero-order valence-corrected chi connectivity index (χ0v) is 36.0. The minimum atomic E-state index is -1.41. The molecule has 4 fully saturated rings. The SMILES string of the molecule is CCC[C@@H](C)[C@H]1CC[C@H]2[C@@H]3CC[C@@H]4C[C@@H](N(CC(=O)O)C(=O)CC[C@@H](C(=O)O)N(CCN(CC(=O)O)CC(=O)O)CCN(CC(=O)O)CC(=O)O)CC[C@]4(C)[C@H]3CC[C@]12C. The van der Waals surface area contributed by atoms with E-state index in [4.69, 9.17) is 0 Å². The van der Waals surface area contributed by atoms with Crippen molar-refractivity contribution in [1.29, 1.82) is 0 Å². The first-order chi connectivity index (χ1) is 28.2. The Kier molecular flexibility index (Phi) is 17.3. The number of carbonyl (C=O) groups is 7. The van der Waals surface area contributed by atoms with Gasteiger partial charge in [-0.3, -0.25) is 48.3 Å². The lowest BCUT2D eigenvalue weighted by Gasteiger charge is -2.62. The molecule has 0 aliphatic heterocycles. The van der Waals surface area contributed by atoms with E-state index in [0.717, 1.165) is 46.8 Å². The van der Waals surface area contributed by atoms with Gasteiger partial charge in [-0.1, -0.05) is 40.5 Å². The van der Waals surface area contributed by atoms with Gasteiger partial charge in [0.25, 0.3) is 0 Å².